The number of carbonyl (C=O) groups excluding carboxylic acids is 1. The SMILES string of the molecule is CC(C)(Nc1nc(Cl)ncc1Cl)C(N)=O. The van der Waals surface area contributed by atoms with Crippen molar-refractivity contribution in [3.05, 3.63) is 16.5 Å². The molecule has 0 bridgehead atoms. The molecule has 82 valence electrons. The predicted molar refractivity (Wildman–Crippen MR) is 58.9 cm³/mol. The Hall–Kier alpha value is -1.07. The van der Waals surface area contributed by atoms with Crippen LogP contribution in [0.4, 0.5) is 5.82 Å². The van der Waals surface area contributed by atoms with E-state index in [4.69, 9.17) is 28.9 Å². The summed E-state index contributed by atoms with van der Waals surface area (Å²) >= 11 is 11.4. The minimum atomic E-state index is -0.957. The quantitative estimate of drug-likeness (QED) is 0.794. The average molecular weight is 249 g/mol. The Balaban J connectivity index is 2.99. The van der Waals surface area contributed by atoms with Crippen LogP contribution in [0.25, 0.3) is 0 Å². The molecule has 1 aromatic rings. The second kappa shape index (κ2) is 4.20. The first-order valence-electron chi connectivity index (χ1n) is 4.09. The third kappa shape index (κ3) is 2.94. The maximum Gasteiger partial charge on any atom is 0.242 e. The number of aromatic nitrogens is 2. The van der Waals surface area contributed by atoms with E-state index in [0.717, 1.165) is 0 Å². The van der Waals surface area contributed by atoms with Crippen molar-refractivity contribution < 1.29 is 4.79 Å². The number of rotatable bonds is 3. The molecule has 1 amide bonds. The number of nitrogens with two attached hydrogens (primary N) is 1. The van der Waals surface area contributed by atoms with Crippen LogP contribution in [0, 0.1) is 0 Å². The zero-order valence-electron chi connectivity index (χ0n) is 8.21. The Kier molecular flexibility index (Phi) is 3.36. The molecule has 0 radical (unpaired) electrons. The molecule has 0 aromatic carbocycles. The van der Waals surface area contributed by atoms with Gasteiger partial charge in [0.15, 0.2) is 5.82 Å². The highest BCUT2D eigenvalue weighted by atomic mass is 35.5. The van der Waals surface area contributed by atoms with Gasteiger partial charge >= 0.3 is 0 Å². The van der Waals surface area contributed by atoms with Crippen LogP contribution < -0.4 is 11.1 Å². The number of hydrogen-bond acceptors (Lipinski definition) is 4. The van der Waals surface area contributed by atoms with E-state index in [1.807, 2.05) is 0 Å². The van der Waals surface area contributed by atoms with E-state index in [0.29, 0.717) is 0 Å². The third-order valence-electron chi connectivity index (χ3n) is 1.76. The molecular formula is C8H10Cl2N4O. The van der Waals surface area contributed by atoms with Gasteiger partial charge in [-0.1, -0.05) is 11.6 Å². The van der Waals surface area contributed by atoms with Gasteiger partial charge < -0.3 is 11.1 Å². The summed E-state index contributed by atoms with van der Waals surface area (Å²) in [6.45, 7) is 3.23. The van der Waals surface area contributed by atoms with Crippen LogP contribution in [0.3, 0.4) is 0 Å². The first-order valence-corrected chi connectivity index (χ1v) is 4.84. The smallest absolute Gasteiger partial charge is 0.242 e. The van der Waals surface area contributed by atoms with Crippen molar-refractivity contribution in [1.29, 1.82) is 0 Å². The number of anilines is 1. The molecular weight excluding hydrogens is 239 g/mol. The molecule has 7 heteroatoms. The summed E-state index contributed by atoms with van der Waals surface area (Å²) in [5.74, 6) is -0.242. The van der Waals surface area contributed by atoms with Gasteiger partial charge in [-0.15, -0.1) is 0 Å². The number of carbonyl (C=O) groups is 1. The van der Waals surface area contributed by atoms with Gasteiger partial charge in [0.1, 0.15) is 10.6 Å². The normalized spacial score (nSPS) is 11.2. The van der Waals surface area contributed by atoms with Gasteiger partial charge in [-0.3, -0.25) is 4.79 Å². The highest BCUT2D eigenvalue weighted by molar-refractivity contribution is 6.33. The van der Waals surface area contributed by atoms with Crippen molar-refractivity contribution in [3.8, 4) is 0 Å². The molecule has 0 atom stereocenters. The number of nitrogens with one attached hydrogen (secondary N) is 1. The monoisotopic (exact) mass is 248 g/mol. The van der Waals surface area contributed by atoms with E-state index in [-0.39, 0.29) is 16.1 Å². The Labute approximate surface area is 97.0 Å². The maximum absolute atomic E-state index is 11.1. The van der Waals surface area contributed by atoms with Crippen LogP contribution in [-0.2, 0) is 4.79 Å². The predicted octanol–water partition coefficient (Wildman–Crippen LogP) is 1.46. The Morgan fingerprint density at radius 3 is 2.67 bits per heavy atom. The molecule has 0 spiro atoms. The topological polar surface area (TPSA) is 80.9 Å². The number of halogens is 2. The van der Waals surface area contributed by atoms with Gasteiger partial charge in [0.05, 0.1) is 6.20 Å². The standard InChI is InChI=1S/C8H10Cl2N4O/c1-8(2,6(11)15)14-5-4(9)3-12-7(10)13-5/h3H,1-2H3,(H2,11,15)(H,12,13,14). The molecule has 0 fully saturated rings. The molecule has 5 nitrogen and oxygen atoms in total. The Bertz CT molecular complexity index is 394. The molecule has 0 aliphatic carbocycles. The van der Waals surface area contributed by atoms with Crippen LogP contribution in [0.15, 0.2) is 6.20 Å². The average Bonchev–Trinajstić information content (AvgIpc) is 2.10. The van der Waals surface area contributed by atoms with Gasteiger partial charge in [0, 0.05) is 0 Å². The number of amides is 1. The van der Waals surface area contributed by atoms with Crippen LogP contribution in [-0.4, -0.2) is 21.4 Å². The molecule has 1 rings (SSSR count). The first kappa shape index (κ1) is 12.0. The molecule has 0 aliphatic rings. The van der Waals surface area contributed by atoms with Crippen LogP contribution in [0.1, 0.15) is 13.8 Å². The minimum Gasteiger partial charge on any atom is -0.368 e. The lowest BCUT2D eigenvalue weighted by Crippen LogP contribution is -2.45. The molecule has 0 unspecified atom stereocenters. The zero-order chi connectivity index (χ0) is 11.6. The summed E-state index contributed by atoms with van der Waals surface area (Å²) in [4.78, 5) is 18.6. The van der Waals surface area contributed by atoms with E-state index in [1.54, 1.807) is 13.8 Å². The van der Waals surface area contributed by atoms with Crippen LogP contribution in [0.5, 0.6) is 0 Å². The maximum atomic E-state index is 11.1. The summed E-state index contributed by atoms with van der Waals surface area (Å²) in [7, 11) is 0. The van der Waals surface area contributed by atoms with Crippen molar-refractivity contribution >= 4 is 34.9 Å². The summed E-state index contributed by atoms with van der Waals surface area (Å²) in [5, 5.41) is 3.10. The van der Waals surface area contributed by atoms with Gasteiger partial charge in [0.25, 0.3) is 0 Å². The van der Waals surface area contributed by atoms with Crippen molar-refractivity contribution in [1.82, 2.24) is 9.97 Å². The van der Waals surface area contributed by atoms with E-state index in [2.05, 4.69) is 15.3 Å². The second-order valence-corrected chi connectivity index (χ2v) is 4.20. The lowest BCUT2D eigenvalue weighted by molar-refractivity contribution is -0.121. The van der Waals surface area contributed by atoms with Gasteiger partial charge in [-0.2, -0.15) is 4.98 Å². The molecule has 1 heterocycles. The number of nitrogens with zero attached hydrogens (tertiary/aromatic N) is 2. The third-order valence-corrected chi connectivity index (χ3v) is 2.22. The lowest BCUT2D eigenvalue weighted by atomic mass is 10.1. The second-order valence-electron chi connectivity index (χ2n) is 3.45. The largest absolute Gasteiger partial charge is 0.368 e. The van der Waals surface area contributed by atoms with Gasteiger partial charge in [-0.05, 0) is 25.4 Å². The van der Waals surface area contributed by atoms with Crippen molar-refractivity contribution in [2.45, 2.75) is 19.4 Å². The Morgan fingerprint density at radius 1 is 1.53 bits per heavy atom. The molecule has 0 aliphatic heterocycles. The minimum absolute atomic E-state index is 0.0437. The van der Waals surface area contributed by atoms with E-state index < -0.39 is 11.4 Å². The van der Waals surface area contributed by atoms with Crippen molar-refractivity contribution in [2.24, 2.45) is 5.73 Å². The van der Waals surface area contributed by atoms with E-state index in [9.17, 15) is 4.79 Å². The fourth-order valence-electron chi connectivity index (χ4n) is 0.791. The summed E-state index contributed by atoms with van der Waals surface area (Å²) in [6.07, 6.45) is 1.34. The molecule has 15 heavy (non-hydrogen) atoms. The number of primary amides is 1. The fraction of sp³-hybridized carbons (Fsp3) is 0.375. The Morgan fingerprint density at radius 2 is 2.13 bits per heavy atom. The highest BCUT2D eigenvalue weighted by Gasteiger charge is 2.26. The molecule has 0 saturated heterocycles. The van der Waals surface area contributed by atoms with Crippen LogP contribution in [0.2, 0.25) is 10.3 Å². The van der Waals surface area contributed by atoms with Crippen LogP contribution >= 0.6 is 23.2 Å². The molecule has 0 saturated carbocycles. The van der Waals surface area contributed by atoms with Gasteiger partial charge in [-0.25, -0.2) is 4.98 Å². The summed E-state index contributed by atoms with van der Waals surface area (Å²) in [6, 6.07) is 0. The van der Waals surface area contributed by atoms with Crippen molar-refractivity contribution in [2.75, 3.05) is 5.32 Å². The van der Waals surface area contributed by atoms with Crippen molar-refractivity contribution in [3.63, 3.8) is 0 Å². The van der Waals surface area contributed by atoms with E-state index in [1.165, 1.54) is 6.20 Å². The first-order chi connectivity index (χ1) is 6.83. The fourth-order valence-corrected chi connectivity index (χ4v) is 1.06. The molecule has 1 aromatic heterocycles. The highest BCUT2D eigenvalue weighted by Crippen LogP contribution is 2.22. The summed E-state index contributed by atoms with van der Waals surface area (Å²) < 4.78 is 0. The zero-order valence-corrected chi connectivity index (χ0v) is 9.73. The number of hydrogen-bond donors (Lipinski definition) is 2. The lowest BCUT2D eigenvalue weighted by Gasteiger charge is -2.23. The van der Waals surface area contributed by atoms with E-state index >= 15 is 0 Å². The molecule has 3 N–H and O–H groups in total. The van der Waals surface area contributed by atoms with Gasteiger partial charge in [0.2, 0.25) is 11.2 Å². The summed E-state index contributed by atoms with van der Waals surface area (Å²) in [5.41, 5.74) is 4.23.